The lowest BCUT2D eigenvalue weighted by molar-refractivity contribution is -0.117. The summed E-state index contributed by atoms with van der Waals surface area (Å²) in [5.41, 5.74) is 9.59. The molecule has 1 saturated heterocycles. The van der Waals surface area contributed by atoms with Gasteiger partial charge in [-0.1, -0.05) is 12.1 Å². The van der Waals surface area contributed by atoms with Crippen molar-refractivity contribution in [3.63, 3.8) is 0 Å². The molecule has 0 unspecified atom stereocenters. The molecule has 1 aliphatic heterocycles. The maximum atomic E-state index is 14.8. The molecule has 6 aromatic rings. The topological polar surface area (TPSA) is 114 Å². The number of carbonyl (C=O) groups excluding carboxylic acids is 1. The van der Waals surface area contributed by atoms with Crippen LogP contribution in [0.2, 0.25) is 0 Å². The molecule has 3 aromatic carbocycles. The van der Waals surface area contributed by atoms with Crippen LogP contribution in [-0.2, 0) is 4.79 Å². The minimum atomic E-state index is -0.306. The summed E-state index contributed by atoms with van der Waals surface area (Å²) < 4.78 is 14.8. The lowest BCUT2D eigenvalue weighted by Gasteiger charge is -2.22. The van der Waals surface area contributed by atoms with Gasteiger partial charge in [-0.2, -0.15) is 5.10 Å². The molecule has 0 radical (unpaired) electrons. The normalized spacial score (nSPS) is 13.9. The van der Waals surface area contributed by atoms with Crippen LogP contribution in [0.15, 0.2) is 73.1 Å². The van der Waals surface area contributed by atoms with E-state index in [0.29, 0.717) is 18.9 Å². The Morgan fingerprint density at radius 1 is 0.917 bits per heavy atom. The van der Waals surface area contributed by atoms with Gasteiger partial charge in [0.25, 0.3) is 0 Å². The molecule has 0 saturated carbocycles. The zero-order valence-electron chi connectivity index (χ0n) is 27.6. The van der Waals surface area contributed by atoms with Gasteiger partial charge < -0.3 is 25.8 Å². The van der Waals surface area contributed by atoms with E-state index in [-0.39, 0.29) is 11.7 Å². The number of amides is 1. The number of aromatic amines is 2. The second-order valence-corrected chi connectivity index (χ2v) is 13.2. The highest BCUT2D eigenvalue weighted by molar-refractivity contribution is 6.02. The summed E-state index contributed by atoms with van der Waals surface area (Å²) in [6, 6.07) is 19.5. The lowest BCUT2D eigenvalue weighted by Crippen LogP contribution is -2.30. The number of nitrogens with zero attached hydrogens (tertiary/aromatic N) is 3. The Morgan fingerprint density at radius 2 is 1.75 bits per heavy atom. The van der Waals surface area contributed by atoms with Crippen LogP contribution in [0, 0.1) is 18.7 Å². The predicted octanol–water partition coefficient (Wildman–Crippen LogP) is 7.19. The van der Waals surface area contributed by atoms with Crippen LogP contribution in [0.25, 0.3) is 55.4 Å². The number of piperidine rings is 1. The molecule has 1 fully saturated rings. The summed E-state index contributed by atoms with van der Waals surface area (Å²) in [7, 11) is 4.02. The first-order valence-electron chi connectivity index (χ1n) is 16.6. The van der Waals surface area contributed by atoms with Crippen molar-refractivity contribution in [2.75, 3.05) is 50.9 Å². The molecule has 4 heterocycles. The van der Waals surface area contributed by atoms with E-state index in [2.05, 4.69) is 60.2 Å². The Morgan fingerprint density at radius 3 is 2.58 bits per heavy atom. The third-order valence-corrected chi connectivity index (χ3v) is 9.09. The van der Waals surface area contributed by atoms with Crippen LogP contribution in [0.3, 0.4) is 0 Å². The van der Waals surface area contributed by atoms with Crippen molar-refractivity contribution < 1.29 is 9.18 Å². The molecule has 0 aliphatic carbocycles. The number of H-pyrrole nitrogens is 2. The van der Waals surface area contributed by atoms with Gasteiger partial charge >= 0.3 is 0 Å². The van der Waals surface area contributed by atoms with Crippen LogP contribution in [0.4, 0.5) is 15.8 Å². The van der Waals surface area contributed by atoms with E-state index < -0.39 is 0 Å². The third-order valence-electron chi connectivity index (χ3n) is 9.09. The summed E-state index contributed by atoms with van der Waals surface area (Å²) in [6.45, 7) is 5.54. The third kappa shape index (κ3) is 6.95. The number of nitrogens with one attached hydrogen (secondary N) is 5. The summed E-state index contributed by atoms with van der Waals surface area (Å²) in [4.78, 5) is 22.9. The van der Waals surface area contributed by atoms with E-state index in [9.17, 15) is 9.18 Å². The monoisotopic (exact) mass is 644 g/mol. The number of fused-ring (bicyclic) bond motifs is 2. The van der Waals surface area contributed by atoms with Crippen LogP contribution in [0.1, 0.15) is 24.8 Å². The maximum absolute atomic E-state index is 14.8. The Bertz CT molecular complexity index is 2090. The predicted molar refractivity (Wildman–Crippen MR) is 193 cm³/mol. The number of carbonyl (C=O) groups is 1. The molecule has 9 nitrogen and oxygen atoms in total. The maximum Gasteiger partial charge on any atom is 0.224 e. The van der Waals surface area contributed by atoms with Gasteiger partial charge in [0, 0.05) is 53.4 Å². The van der Waals surface area contributed by atoms with Gasteiger partial charge in [-0.05, 0) is 124 Å². The fraction of sp³-hybridized carbons (Fsp3) is 0.289. The Hall–Kier alpha value is -5.06. The van der Waals surface area contributed by atoms with Crippen LogP contribution in [-0.4, -0.2) is 71.2 Å². The fourth-order valence-electron chi connectivity index (χ4n) is 6.66. The molecule has 0 atom stereocenters. The van der Waals surface area contributed by atoms with Gasteiger partial charge in [0.2, 0.25) is 5.91 Å². The molecular weight excluding hydrogens is 603 g/mol. The van der Waals surface area contributed by atoms with Crippen molar-refractivity contribution in [1.29, 1.82) is 0 Å². The summed E-state index contributed by atoms with van der Waals surface area (Å²) in [6.07, 6.45) is 6.18. The van der Waals surface area contributed by atoms with Crippen molar-refractivity contribution >= 4 is 39.1 Å². The zero-order valence-corrected chi connectivity index (χ0v) is 27.6. The van der Waals surface area contributed by atoms with E-state index in [1.165, 1.54) is 6.07 Å². The molecule has 3 aromatic heterocycles. The van der Waals surface area contributed by atoms with E-state index >= 15 is 0 Å². The number of rotatable bonds is 10. The van der Waals surface area contributed by atoms with Crippen molar-refractivity contribution in [2.45, 2.75) is 26.2 Å². The molecule has 10 heteroatoms. The van der Waals surface area contributed by atoms with Crippen LogP contribution < -0.4 is 16.0 Å². The molecule has 1 aliphatic rings. The summed E-state index contributed by atoms with van der Waals surface area (Å²) >= 11 is 0. The van der Waals surface area contributed by atoms with Gasteiger partial charge in [0.15, 0.2) is 0 Å². The van der Waals surface area contributed by atoms with Gasteiger partial charge in [0.1, 0.15) is 11.5 Å². The van der Waals surface area contributed by atoms with Crippen molar-refractivity contribution in [1.82, 2.24) is 30.4 Å². The molecular formula is C38H41FN8O. The smallest absolute Gasteiger partial charge is 0.224 e. The van der Waals surface area contributed by atoms with Gasteiger partial charge in [0.05, 0.1) is 22.9 Å². The number of hydrogen-bond acceptors (Lipinski definition) is 6. The van der Waals surface area contributed by atoms with E-state index in [1.807, 2.05) is 45.3 Å². The molecule has 1 amide bonds. The van der Waals surface area contributed by atoms with Crippen molar-refractivity contribution in [2.24, 2.45) is 5.92 Å². The first kappa shape index (κ1) is 31.5. The largest absolute Gasteiger partial charge is 0.384 e. The number of anilines is 2. The molecule has 0 spiro atoms. The average molecular weight is 645 g/mol. The number of benzene rings is 3. The number of hydrogen-bond donors (Lipinski definition) is 5. The quantitative estimate of drug-likeness (QED) is 0.108. The number of likely N-dealkylation sites (N-methyl/N-ethyl adjacent to an activating group) is 1. The molecule has 7 rings (SSSR count). The van der Waals surface area contributed by atoms with E-state index in [0.717, 1.165) is 105 Å². The minimum absolute atomic E-state index is 0.0637. The lowest BCUT2D eigenvalue weighted by atomic mass is 9.94. The van der Waals surface area contributed by atoms with Crippen LogP contribution in [0.5, 0.6) is 0 Å². The van der Waals surface area contributed by atoms with E-state index in [1.54, 1.807) is 18.5 Å². The van der Waals surface area contributed by atoms with Crippen molar-refractivity contribution in [3.8, 4) is 33.6 Å². The number of halogens is 1. The minimum Gasteiger partial charge on any atom is -0.384 e. The van der Waals surface area contributed by atoms with Crippen molar-refractivity contribution in [3.05, 3.63) is 84.4 Å². The second-order valence-electron chi connectivity index (χ2n) is 13.2. The highest BCUT2D eigenvalue weighted by Gasteiger charge is 2.18. The molecule has 0 bridgehead atoms. The Balaban J connectivity index is 1.18. The second kappa shape index (κ2) is 13.6. The summed E-state index contributed by atoms with van der Waals surface area (Å²) in [5, 5.41) is 19.6. The molecule has 5 N–H and O–H groups in total. The Kier molecular flexibility index (Phi) is 8.92. The first-order valence-corrected chi connectivity index (χ1v) is 16.6. The molecule has 48 heavy (non-hydrogen) atoms. The number of aromatic nitrogens is 4. The standard InChI is InChI=1S/C38H41FN8O/c1-23-12-26(16-30(13-23)43-37(48)14-24-6-8-40-9-7-24)25-4-5-34-32(18-25)38(46-45-34)35-20-31-33(21-41-22-36(31)44-35)27-15-28(39)19-29(17-27)42-10-11-47(2)3/h4-5,12-13,15-22,24,40,42,44H,6-11,14H2,1-3H3,(H,43,48)(H,45,46). The number of pyridine rings is 1. The fourth-order valence-corrected chi connectivity index (χ4v) is 6.66. The SMILES string of the molecule is Cc1cc(NC(=O)CC2CCNCC2)cc(-c2ccc3[nH]nc(-c4cc5c(-c6cc(F)cc(NCCN(C)C)c6)cncc5[nH]4)c3c2)c1. The van der Waals surface area contributed by atoms with E-state index in [4.69, 9.17) is 5.10 Å². The van der Waals surface area contributed by atoms with Gasteiger partial charge in [-0.25, -0.2) is 4.39 Å². The summed E-state index contributed by atoms with van der Waals surface area (Å²) in [5.74, 6) is 0.184. The zero-order chi connectivity index (χ0) is 33.2. The highest BCUT2D eigenvalue weighted by Crippen LogP contribution is 2.36. The average Bonchev–Trinajstić information content (AvgIpc) is 3.68. The molecule has 246 valence electrons. The Labute approximate surface area is 279 Å². The first-order chi connectivity index (χ1) is 23.3. The van der Waals surface area contributed by atoms with Gasteiger partial charge in [-0.3, -0.25) is 14.9 Å². The van der Waals surface area contributed by atoms with Gasteiger partial charge in [-0.15, -0.1) is 0 Å². The number of aryl methyl sites for hydroxylation is 1. The van der Waals surface area contributed by atoms with Crippen LogP contribution >= 0.6 is 0 Å². The highest BCUT2D eigenvalue weighted by atomic mass is 19.1.